The second kappa shape index (κ2) is 5.93. The molecule has 0 amide bonds. The Kier molecular flexibility index (Phi) is 4.28. The van der Waals surface area contributed by atoms with Crippen LogP contribution in [0.5, 0.6) is 0 Å². The lowest BCUT2D eigenvalue weighted by Crippen LogP contribution is -2.39. The van der Waals surface area contributed by atoms with Gasteiger partial charge in [-0.15, -0.1) is 0 Å². The van der Waals surface area contributed by atoms with Crippen molar-refractivity contribution >= 4 is 5.82 Å². The van der Waals surface area contributed by atoms with Crippen LogP contribution in [0.2, 0.25) is 0 Å². The van der Waals surface area contributed by atoms with Gasteiger partial charge in [0.1, 0.15) is 5.82 Å². The lowest BCUT2D eigenvalue weighted by Gasteiger charge is -2.22. The highest BCUT2D eigenvalue weighted by molar-refractivity contribution is 5.29. The van der Waals surface area contributed by atoms with Crippen LogP contribution in [0.1, 0.15) is 25.7 Å². The van der Waals surface area contributed by atoms with E-state index >= 15 is 0 Å². The molecule has 17 heavy (non-hydrogen) atoms. The van der Waals surface area contributed by atoms with Crippen LogP contribution in [0.4, 0.5) is 5.82 Å². The van der Waals surface area contributed by atoms with Gasteiger partial charge in [0.05, 0.1) is 11.8 Å². The van der Waals surface area contributed by atoms with Crippen LogP contribution < -0.4 is 10.6 Å². The van der Waals surface area contributed by atoms with E-state index < -0.39 is 5.60 Å². The molecule has 0 bridgehead atoms. The lowest BCUT2D eigenvalue weighted by molar-refractivity contribution is 0.0483. The number of rotatable bonds is 6. The van der Waals surface area contributed by atoms with Crippen molar-refractivity contribution < 1.29 is 5.11 Å². The Morgan fingerprint density at radius 1 is 1.24 bits per heavy atom. The molecule has 5 nitrogen and oxygen atoms in total. The Balaban J connectivity index is 1.58. The number of hydrogen-bond acceptors (Lipinski definition) is 5. The van der Waals surface area contributed by atoms with E-state index in [1.165, 1.54) is 0 Å². The van der Waals surface area contributed by atoms with E-state index in [0.717, 1.165) is 44.6 Å². The third-order valence-electron chi connectivity index (χ3n) is 3.16. The Morgan fingerprint density at radius 2 is 2.06 bits per heavy atom. The smallest absolute Gasteiger partial charge is 0.144 e. The summed E-state index contributed by atoms with van der Waals surface area (Å²) in [5, 5.41) is 16.5. The molecule has 0 spiro atoms. The summed E-state index contributed by atoms with van der Waals surface area (Å²) in [6.07, 6.45) is 9.17. The standard InChI is InChI=1S/C12H20N4O/c17-12(3-1-2-4-12)10-14-6-8-16-11-9-13-5-7-15-11/h5,7,9,14,17H,1-4,6,8,10H2,(H,15,16). The summed E-state index contributed by atoms with van der Waals surface area (Å²) in [5.74, 6) is 0.786. The number of aliphatic hydroxyl groups is 1. The van der Waals surface area contributed by atoms with E-state index in [4.69, 9.17) is 0 Å². The second-order valence-corrected chi connectivity index (χ2v) is 4.63. The van der Waals surface area contributed by atoms with E-state index in [1.54, 1.807) is 18.6 Å². The van der Waals surface area contributed by atoms with Gasteiger partial charge in [-0.2, -0.15) is 0 Å². The van der Waals surface area contributed by atoms with E-state index in [1.807, 2.05) is 0 Å². The van der Waals surface area contributed by atoms with Crippen molar-refractivity contribution in [2.75, 3.05) is 25.0 Å². The van der Waals surface area contributed by atoms with Crippen molar-refractivity contribution in [1.29, 1.82) is 0 Å². The number of nitrogens with zero attached hydrogens (tertiary/aromatic N) is 2. The predicted molar refractivity (Wildman–Crippen MR) is 66.8 cm³/mol. The topological polar surface area (TPSA) is 70.1 Å². The fourth-order valence-electron chi connectivity index (χ4n) is 2.20. The van der Waals surface area contributed by atoms with Crippen LogP contribution in [0, 0.1) is 0 Å². The normalized spacial score (nSPS) is 18.2. The zero-order valence-electron chi connectivity index (χ0n) is 10.0. The molecule has 1 saturated carbocycles. The average molecular weight is 236 g/mol. The summed E-state index contributed by atoms with van der Waals surface area (Å²) in [6.45, 7) is 2.29. The van der Waals surface area contributed by atoms with Crippen LogP contribution in [-0.2, 0) is 0 Å². The van der Waals surface area contributed by atoms with Gasteiger partial charge in [-0.25, -0.2) is 4.98 Å². The summed E-state index contributed by atoms with van der Waals surface area (Å²) in [4.78, 5) is 8.09. The fraction of sp³-hybridized carbons (Fsp3) is 0.667. The lowest BCUT2D eigenvalue weighted by atomic mass is 10.0. The van der Waals surface area contributed by atoms with Gasteiger partial charge in [-0.05, 0) is 12.8 Å². The summed E-state index contributed by atoms with van der Waals surface area (Å²) < 4.78 is 0. The van der Waals surface area contributed by atoms with Crippen molar-refractivity contribution in [3.8, 4) is 0 Å². The van der Waals surface area contributed by atoms with Gasteiger partial charge in [0.25, 0.3) is 0 Å². The molecular formula is C12H20N4O. The molecule has 94 valence electrons. The zero-order valence-corrected chi connectivity index (χ0v) is 10.0. The first-order valence-electron chi connectivity index (χ1n) is 6.22. The van der Waals surface area contributed by atoms with Crippen LogP contribution >= 0.6 is 0 Å². The SMILES string of the molecule is OC1(CNCCNc2cnccn2)CCCC1. The third kappa shape index (κ3) is 3.94. The molecule has 0 unspecified atom stereocenters. The minimum Gasteiger partial charge on any atom is -0.389 e. The van der Waals surface area contributed by atoms with Gasteiger partial charge in [-0.1, -0.05) is 12.8 Å². The largest absolute Gasteiger partial charge is 0.389 e. The highest BCUT2D eigenvalue weighted by atomic mass is 16.3. The van der Waals surface area contributed by atoms with E-state index in [9.17, 15) is 5.11 Å². The first-order chi connectivity index (χ1) is 8.29. The van der Waals surface area contributed by atoms with Crippen molar-refractivity contribution in [2.24, 2.45) is 0 Å². The Bertz CT molecular complexity index is 325. The van der Waals surface area contributed by atoms with Crippen molar-refractivity contribution in [3.05, 3.63) is 18.6 Å². The molecule has 1 fully saturated rings. The second-order valence-electron chi connectivity index (χ2n) is 4.63. The van der Waals surface area contributed by atoms with Crippen LogP contribution in [0.25, 0.3) is 0 Å². The molecule has 1 heterocycles. The summed E-state index contributed by atoms with van der Waals surface area (Å²) in [5.41, 5.74) is -0.466. The van der Waals surface area contributed by atoms with Crippen LogP contribution in [0.15, 0.2) is 18.6 Å². The van der Waals surface area contributed by atoms with E-state index in [2.05, 4.69) is 20.6 Å². The van der Waals surface area contributed by atoms with Gasteiger partial charge in [0.15, 0.2) is 0 Å². The van der Waals surface area contributed by atoms with Crippen LogP contribution in [0.3, 0.4) is 0 Å². The first kappa shape index (κ1) is 12.3. The number of nitrogens with one attached hydrogen (secondary N) is 2. The minimum atomic E-state index is -0.466. The van der Waals surface area contributed by atoms with Crippen molar-refractivity contribution in [2.45, 2.75) is 31.3 Å². The highest BCUT2D eigenvalue weighted by Crippen LogP contribution is 2.28. The molecule has 0 radical (unpaired) electrons. The van der Waals surface area contributed by atoms with E-state index in [-0.39, 0.29) is 0 Å². The fourth-order valence-corrected chi connectivity index (χ4v) is 2.20. The van der Waals surface area contributed by atoms with Gasteiger partial charge < -0.3 is 15.7 Å². The maximum Gasteiger partial charge on any atom is 0.144 e. The highest BCUT2D eigenvalue weighted by Gasteiger charge is 2.30. The molecule has 1 aromatic heterocycles. The first-order valence-corrected chi connectivity index (χ1v) is 6.22. The maximum atomic E-state index is 10.1. The van der Waals surface area contributed by atoms with Gasteiger partial charge in [-0.3, -0.25) is 4.98 Å². The molecule has 1 aromatic rings. The Morgan fingerprint density at radius 3 is 2.76 bits per heavy atom. The van der Waals surface area contributed by atoms with Crippen LogP contribution in [-0.4, -0.2) is 40.3 Å². The summed E-state index contributed by atoms with van der Waals surface area (Å²) in [6, 6.07) is 0. The minimum absolute atomic E-state index is 0.466. The molecule has 2 rings (SSSR count). The molecule has 5 heteroatoms. The third-order valence-corrected chi connectivity index (χ3v) is 3.16. The maximum absolute atomic E-state index is 10.1. The van der Waals surface area contributed by atoms with Gasteiger partial charge in [0.2, 0.25) is 0 Å². The summed E-state index contributed by atoms with van der Waals surface area (Å²) in [7, 11) is 0. The molecule has 0 saturated heterocycles. The monoisotopic (exact) mass is 236 g/mol. The number of aromatic nitrogens is 2. The molecule has 3 N–H and O–H groups in total. The quantitative estimate of drug-likeness (QED) is 0.637. The molecule has 0 aliphatic heterocycles. The molecule has 1 aliphatic carbocycles. The summed E-state index contributed by atoms with van der Waals surface area (Å²) >= 11 is 0. The average Bonchev–Trinajstić information content (AvgIpc) is 2.77. The Hall–Kier alpha value is -1.20. The molecule has 0 aromatic carbocycles. The van der Waals surface area contributed by atoms with Crippen molar-refractivity contribution in [3.63, 3.8) is 0 Å². The van der Waals surface area contributed by atoms with Gasteiger partial charge in [0, 0.05) is 32.0 Å². The number of anilines is 1. The van der Waals surface area contributed by atoms with Gasteiger partial charge >= 0.3 is 0 Å². The van der Waals surface area contributed by atoms with Crippen molar-refractivity contribution in [1.82, 2.24) is 15.3 Å². The zero-order chi connectivity index (χ0) is 12.0. The Labute approximate surface area is 102 Å². The van der Waals surface area contributed by atoms with E-state index in [0.29, 0.717) is 6.54 Å². The predicted octanol–water partition coefficient (Wildman–Crippen LogP) is 0.783. The number of hydrogen-bond donors (Lipinski definition) is 3. The molecule has 1 aliphatic rings. The molecular weight excluding hydrogens is 216 g/mol. The molecule has 0 atom stereocenters.